The molecule has 0 fully saturated rings. The Morgan fingerprint density at radius 1 is 1.02 bits per heavy atom. The molecule has 46 heavy (non-hydrogen) atoms. The van der Waals surface area contributed by atoms with E-state index in [0.29, 0.717) is 64.1 Å². The first-order valence-electron chi connectivity index (χ1n) is 14.6. The molecule has 13 heteroatoms. The summed E-state index contributed by atoms with van der Waals surface area (Å²) in [5, 5.41) is 20.0. The monoisotopic (exact) mass is 696 g/mol. The molecule has 1 aliphatic heterocycles. The van der Waals surface area contributed by atoms with Gasteiger partial charge in [-0.05, 0) is 77.7 Å². The Labute approximate surface area is 275 Å². The summed E-state index contributed by atoms with van der Waals surface area (Å²) < 4.78 is 29.0. The Bertz CT molecular complexity index is 1580. The molecule has 0 bridgehead atoms. The van der Waals surface area contributed by atoms with Gasteiger partial charge in [0.2, 0.25) is 0 Å². The normalized spacial score (nSPS) is 15.1. The Balaban J connectivity index is 1.40. The number of allylic oxidation sites excluding steroid dienone is 1. The summed E-state index contributed by atoms with van der Waals surface area (Å²) in [7, 11) is 1.28. The van der Waals surface area contributed by atoms with Crippen LogP contribution in [0, 0.1) is 0 Å². The summed E-state index contributed by atoms with van der Waals surface area (Å²) in [5.74, 6) is 1.28. The molecular formula is C33H37BrN4O8. The van der Waals surface area contributed by atoms with Crippen LogP contribution in [0.3, 0.4) is 0 Å². The Kier molecular flexibility index (Phi) is 12.3. The third-order valence-corrected chi connectivity index (χ3v) is 7.26. The number of carbonyl (C=O) groups excluding carboxylic acids is 2. The highest BCUT2D eigenvalue weighted by atomic mass is 79.9. The number of hydrogen-bond acceptors (Lipinski definition) is 10. The number of methoxy groups -OCH3 is 1. The quantitative estimate of drug-likeness (QED) is 0.0750. The van der Waals surface area contributed by atoms with Gasteiger partial charge >= 0.3 is 12.0 Å². The van der Waals surface area contributed by atoms with Gasteiger partial charge in [-0.3, -0.25) is 5.43 Å². The van der Waals surface area contributed by atoms with E-state index < -0.39 is 24.3 Å². The van der Waals surface area contributed by atoms with Gasteiger partial charge in [0.15, 0.2) is 29.2 Å². The first-order valence-corrected chi connectivity index (χ1v) is 15.4. The van der Waals surface area contributed by atoms with Crippen LogP contribution in [0.2, 0.25) is 0 Å². The van der Waals surface area contributed by atoms with Crippen LogP contribution >= 0.6 is 15.9 Å². The minimum atomic E-state index is -1.16. The summed E-state index contributed by atoms with van der Waals surface area (Å²) in [4.78, 5) is 24.6. The van der Waals surface area contributed by atoms with Crippen LogP contribution in [0.4, 0.5) is 4.79 Å². The summed E-state index contributed by atoms with van der Waals surface area (Å²) in [6.07, 6.45) is 0.383. The molecule has 0 aliphatic carbocycles. The fourth-order valence-corrected chi connectivity index (χ4v) is 5.19. The van der Waals surface area contributed by atoms with Crippen LogP contribution in [0.15, 0.2) is 81.5 Å². The molecular weight excluding hydrogens is 660 g/mol. The maximum absolute atomic E-state index is 12.5. The van der Waals surface area contributed by atoms with E-state index in [1.165, 1.54) is 7.11 Å². The number of ether oxygens (including phenoxy) is 5. The molecule has 0 spiro atoms. The lowest BCUT2D eigenvalue weighted by atomic mass is 9.95. The van der Waals surface area contributed by atoms with E-state index in [1.54, 1.807) is 37.4 Å². The van der Waals surface area contributed by atoms with Crippen LogP contribution < -0.4 is 35.0 Å². The predicted octanol–water partition coefficient (Wildman–Crippen LogP) is 4.95. The average Bonchev–Trinajstić information content (AvgIpc) is 3.04. The number of hydrazone groups is 1. The molecule has 4 N–H and O–H groups in total. The largest absolute Gasteiger partial charge is 0.490 e. The Morgan fingerprint density at radius 2 is 1.76 bits per heavy atom. The second-order valence-electron chi connectivity index (χ2n) is 9.95. The Morgan fingerprint density at radius 3 is 2.48 bits per heavy atom. The number of aliphatic hydroxyl groups excluding tert-OH is 1. The van der Waals surface area contributed by atoms with Crippen molar-refractivity contribution in [1.29, 1.82) is 0 Å². The zero-order chi connectivity index (χ0) is 33.1. The van der Waals surface area contributed by atoms with Crippen molar-refractivity contribution in [1.82, 2.24) is 16.1 Å². The second kappa shape index (κ2) is 16.5. The molecule has 244 valence electrons. The van der Waals surface area contributed by atoms with Crippen LogP contribution in [0.5, 0.6) is 23.0 Å². The molecule has 0 saturated carbocycles. The lowest BCUT2D eigenvalue weighted by Gasteiger charge is -2.28. The summed E-state index contributed by atoms with van der Waals surface area (Å²) >= 11 is 3.57. The SMILES string of the molecule is CCOc1cc([C@@H]2NC(=O)NC(C)=C2C(=O)OC)ccc1OC[C@H](O)N/N=C\c1cc(Br)c(OCc2ccccc2)c(OCC)c1. The number of rotatable bonds is 15. The molecule has 2 amide bonds. The third-order valence-electron chi connectivity index (χ3n) is 6.67. The molecule has 4 rings (SSSR count). The van der Waals surface area contributed by atoms with Crippen molar-refractivity contribution >= 4 is 34.1 Å². The molecule has 3 aromatic carbocycles. The van der Waals surface area contributed by atoms with E-state index in [1.807, 2.05) is 50.2 Å². The average molecular weight is 698 g/mol. The zero-order valence-corrected chi connectivity index (χ0v) is 27.6. The molecule has 0 radical (unpaired) electrons. The highest BCUT2D eigenvalue weighted by molar-refractivity contribution is 9.10. The minimum absolute atomic E-state index is 0.159. The van der Waals surface area contributed by atoms with Crippen LogP contribution in [0.1, 0.15) is 43.5 Å². The fraction of sp³-hybridized carbons (Fsp3) is 0.303. The van der Waals surface area contributed by atoms with Crippen LogP contribution in [-0.4, -0.2) is 56.5 Å². The Hall–Kier alpha value is -4.75. The van der Waals surface area contributed by atoms with E-state index in [-0.39, 0.29) is 12.2 Å². The maximum atomic E-state index is 12.5. The summed E-state index contributed by atoms with van der Waals surface area (Å²) in [6, 6.07) is 17.3. The topological polar surface area (TPSA) is 149 Å². The number of urea groups is 1. The highest BCUT2D eigenvalue weighted by Crippen LogP contribution is 2.37. The lowest BCUT2D eigenvalue weighted by molar-refractivity contribution is -0.136. The highest BCUT2D eigenvalue weighted by Gasteiger charge is 2.32. The van der Waals surface area contributed by atoms with Crippen molar-refractivity contribution in [2.75, 3.05) is 26.9 Å². The van der Waals surface area contributed by atoms with Gasteiger partial charge in [0, 0.05) is 5.70 Å². The first-order chi connectivity index (χ1) is 22.2. The maximum Gasteiger partial charge on any atom is 0.337 e. The van der Waals surface area contributed by atoms with Crippen molar-refractivity contribution in [3.05, 3.63) is 93.1 Å². The number of benzene rings is 3. The van der Waals surface area contributed by atoms with Gasteiger partial charge < -0.3 is 39.4 Å². The fourth-order valence-electron chi connectivity index (χ4n) is 4.62. The number of halogens is 1. The van der Waals surface area contributed by atoms with Gasteiger partial charge in [-0.15, -0.1) is 0 Å². The number of amides is 2. The standard InChI is InChI=1S/C33H37BrN4O8/c1-5-43-26-16-23(30-29(32(40)42-4)20(3)36-33(41)37-30)12-13-25(26)45-19-28(39)38-35-17-22-14-24(34)31(27(15-22)44-6-2)46-18-21-10-8-7-9-11-21/h7-17,28,30,38-39H,5-6,18-19H2,1-4H3,(H2,36,37,41)/b35-17-/t28-,30-/m0/s1. The molecule has 1 heterocycles. The number of aliphatic hydroxyl groups is 1. The number of nitrogens with zero attached hydrogens (tertiary/aromatic N) is 1. The molecule has 0 unspecified atom stereocenters. The van der Waals surface area contributed by atoms with Gasteiger partial charge in [0.05, 0.1) is 42.6 Å². The van der Waals surface area contributed by atoms with Crippen LogP contribution in [0.25, 0.3) is 0 Å². The van der Waals surface area contributed by atoms with E-state index in [9.17, 15) is 14.7 Å². The lowest BCUT2D eigenvalue weighted by Crippen LogP contribution is -2.45. The van der Waals surface area contributed by atoms with Gasteiger partial charge in [-0.25, -0.2) is 9.59 Å². The van der Waals surface area contributed by atoms with Gasteiger partial charge in [0.1, 0.15) is 13.2 Å². The molecule has 3 aromatic rings. The number of carbonyl (C=O) groups is 2. The number of esters is 1. The van der Waals surface area contributed by atoms with Gasteiger partial charge in [-0.2, -0.15) is 5.10 Å². The minimum Gasteiger partial charge on any atom is -0.490 e. The van der Waals surface area contributed by atoms with E-state index >= 15 is 0 Å². The third kappa shape index (κ3) is 8.92. The van der Waals surface area contributed by atoms with E-state index in [4.69, 9.17) is 23.7 Å². The predicted molar refractivity (Wildman–Crippen MR) is 175 cm³/mol. The van der Waals surface area contributed by atoms with Crippen molar-refractivity contribution in [3.63, 3.8) is 0 Å². The summed E-state index contributed by atoms with van der Waals surface area (Å²) in [5.41, 5.74) is 5.62. The summed E-state index contributed by atoms with van der Waals surface area (Å²) in [6.45, 7) is 6.33. The van der Waals surface area contributed by atoms with E-state index in [2.05, 4.69) is 37.1 Å². The molecule has 0 saturated heterocycles. The zero-order valence-electron chi connectivity index (χ0n) is 26.0. The molecule has 0 aromatic heterocycles. The first kappa shape index (κ1) is 34.1. The van der Waals surface area contributed by atoms with E-state index in [0.717, 1.165) is 5.56 Å². The molecule has 1 aliphatic rings. The van der Waals surface area contributed by atoms with Crippen molar-refractivity contribution < 1.29 is 38.4 Å². The smallest absolute Gasteiger partial charge is 0.337 e. The number of hydrogen-bond donors (Lipinski definition) is 4. The van der Waals surface area contributed by atoms with Crippen molar-refractivity contribution in [2.45, 2.75) is 39.6 Å². The van der Waals surface area contributed by atoms with Crippen molar-refractivity contribution in [3.8, 4) is 23.0 Å². The van der Waals surface area contributed by atoms with Crippen molar-refractivity contribution in [2.24, 2.45) is 5.10 Å². The van der Waals surface area contributed by atoms with Gasteiger partial charge in [-0.1, -0.05) is 36.4 Å². The number of nitrogens with one attached hydrogen (secondary N) is 3. The molecule has 2 atom stereocenters. The second-order valence-corrected chi connectivity index (χ2v) is 10.8. The van der Waals surface area contributed by atoms with Gasteiger partial charge in [0.25, 0.3) is 0 Å². The molecule has 12 nitrogen and oxygen atoms in total. The van der Waals surface area contributed by atoms with Crippen LogP contribution in [-0.2, 0) is 16.1 Å².